The average molecular weight is 188 g/mol. The molecule has 0 amide bonds. The molecule has 0 heterocycles. The van der Waals surface area contributed by atoms with Crippen LogP contribution in [0.4, 0.5) is 0 Å². The zero-order chi connectivity index (χ0) is 10.9. The highest BCUT2D eigenvalue weighted by molar-refractivity contribution is 5.73. The van der Waals surface area contributed by atoms with Crippen LogP contribution in [0.15, 0.2) is 0 Å². The fraction of sp³-hybridized carbons (Fsp3) is 0.900. The Bertz CT molecular complexity index is 189. The van der Waals surface area contributed by atoms with Crippen LogP contribution in [-0.4, -0.2) is 23.8 Å². The van der Waals surface area contributed by atoms with E-state index in [9.17, 15) is 9.90 Å². The molecule has 3 heteroatoms. The van der Waals surface area contributed by atoms with E-state index in [4.69, 9.17) is 0 Å². The van der Waals surface area contributed by atoms with Gasteiger partial charge in [-0.1, -0.05) is 20.8 Å². The maximum Gasteiger partial charge on any atom is 0.311 e. The minimum absolute atomic E-state index is 0.347. The van der Waals surface area contributed by atoms with Crippen LogP contribution >= 0.6 is 0 Å². The Labute approximate surface area is 80.1 Å². The lowest BCUT2D eigenvalue weighted by atomic mass is 9.71. The van der Waals surface area contributed by atoms with Gasteiger partial charge in [0.05, 0.1) is 18.6 Å². The zero-order valence-electron chi connectivity index (χ0n) is 9.34. The van der Waals surface area contributed by atoms with Crippen molar-refractivity contribution in [3.63, 3.8) is 0 Å². The molecular weight excluding hydrogens is 168 g/mol. The maximum absolute atomic E-state index is 11.2. The van der Waals surface area contributed by atoms with Crippen LogP contribution in [0.3, 0.4) is 0 Å². The molecule has 0 aromatic rings. The van der Waals surface area contributed by atoms with Gasteiger partial charge < -0.3 is 9.84 Å². The standard InChI is InChI=1S/C10H20O3/c1-7(8(11)13-6)10(5,12)9(2,3)4/h7,12H,1-6H3. The Hall–Kier alpha value is -0.570. The molecule has 3 nitrogen and oxygen atoms in total. The fourth-order valence-corrected chi connectivity index (χ4v) is 1.06. The molecule has 2 atom stereocenters. The summed E-state index contributed by atoms with van der Waals surface area (Å²) in [6, 6.07) is 0. The molecule has 0 aliphatic heterocycles. The molecule has 0 radical (unpaired) electrons. The van der Waals surface area contributed by atoms with Crippen LogP contribution in [0.5, 0.6) is 0 Å². The lowest BCUT2D eigenvalue weighted by Gasteiger charge is -2.40. The van der Waals surface area contributed by atoms with Gasteiger partial charge in [0.15, 0.2) is 0 Å². The van der Waals surface area contributed by atoms with Crippen LogP contribution in [0, 0.1) is 11.3 Å². The van der Waals surface area contributed by atoms with Crippen molar-refractivity contribution >= 4 is 5.97 Å². The van der Waals surface area contributed by atoms with E-state index >= 15 is 0 Å². The average Bonchev–Trinajstić information content (AvgIpc) is 1.99. The summed E-state index contributed by atoms with van der Waals surface area (Å²) >= 11 is 0. The number of carbonyl (C=O) groups excluding carboxylic acids is 1. The summed E-state index contributed by atoms with van der Waals surface area (Å²) in [4.78, 5) is 11.2. The molecule has 0 aromatic carbocycles. The smallest absolute Gasteiger partial charge is 0.311 e. The number of hydrogen-bond acceptors (Lipinski definition) is 3. The number of methoxy groups -OCH3 is 1. The van der Waals surface area contributed by atoms with Crippen molar-refractivity contribution in [2.75, 3.05) is 7.11 Å². The molecule has 0 aliphatic carbocycles. The molecule has 0 fully saturated rings. The minimum Gasteiger partial charge on any atom is -0.469 e. The Balaban J connectivity index is 4.74. The van der Waals surface area contributed by atoms with Gasteiger partial charge in [-0.25, -0.2) is 0 Å². The first kappa shape index (κ1) is 12.4. The van der Waals surface area contributed by atoms with Gasteiger partial charge in [-0.3, -0.25) is 4.79 Å². The normalized spacial score (nSPS) is 19.0. The Morgan fingerprint density at radius 2 is 1.69 bits per heavy atom. The van der Waals surface area contributed by atoms with Crippen molar-refractivity contribution in [3.05, 3.63) is 0 Å². The van der Waals surface area contributed by atoms with E-state index in [0.717, 1.165) is 0 Å². The topological polar surface area (TPSA) is 46.5 Å². The van der Waals surface area contributed by atoms with Crippen molar-refractivity contribution < 1.29 is 14.6 Å². The second-order valence-corrected chi connectivity index (χ2v) is 4.64. The highest BCUT2D eigenvalue weighted by Crippen LogP contribution is 2.36. The van der Waals surface area contributed by atoms with E-state index in [2.05, 4.69) is 4.74 Å². The van der Waals surface area contributed by atoms with Crippen molar-refractivity contribution in [1.29, 1.82) is 0 Å². The number of carbonyl (C=O) groups is 1. The number of ether oxygens (including phenoxy) is 1. The van der Waals surface area contributed by atoms with Gasteiger partial charge in [-0.05, 0) is 19.3 Å². The van der Waals surface area contributed by atoms with E-state index in [1.165, 1.54) is 7.11 Å². The highest BCUT2D eigenvalue weighted by atomic mass is 16.5. The Kier molecular flexibility index (Phi) is 3.50. The summed E-state index contributed by atoms with van der Waals surface area (Å²) in [6.45, 7) is 9.02. The minimum atomic E-state index is -1.06. The summed E-state index contributed by atoms with van der Waals surface area (Å²) in [7, 11) is 1.33. The molecule has 78 valence electrons. The molecule has 2 unspecified atom stereocenters. The van der Waals surface area contributed by atoms with E-state index < -0.39 is 11.5 Å². The molecule has 0 bridgehead atoms. The SMILES string of the molecule is COC(=O)C(C)C(C)(O)C(C)(C)C. The second kappa shape index (κ2) is 3.66. The maximum atomic E-state index is 11.2. The van der Waals surface area contributed by atoms with Gasteiger partial charge in [0, 0.05) is 0 Å². The first-order valence-electron chi connectivity index (χ1n) is 4.44. The molecule has 0 aromatic heterocycles. The lowest BCUT2D eigenvalue weighted by Crippen LogP contribution is -2.48. The molecule has 1 N–H and O–H groups in total. The highest BCUT2D eigenvalue weighted by Gasteiger charge is 2.44. The third-order valence-corrected chi connectivity index (χ3v) is 2.92. The van der Waals surface area contributed by atoms with E-state index in [0.29, 0.717) is 0 Å². The first-order valence-corrected chi connectivity index (χ1v) is 4.44. The number of rotatable bonds is 2. The molecule has 0 saturated heterocycles. The quantitative estimate of drug-likeness (QED) is 0.669. The van der Waals surface area contributed by atoms with Crippen LogP contribution in [-0.2, 0) is 9.53 Å². The fourth-order valence-electron chi connectivity index (χ4n) is 1.06. The molecule has 0 saturated carbocycles. The Morgan fingerprint density at radius 1 is 1.31 bits per heavy atom. The lowest BCUT2D eigenvalue weighted by molar-refractivity contribution is -0.162. The van der Waals surface area contributed by atoms with E-state index in [1.807, 2.05) is 20.8 Å². The summed E-state index contributed by atoms with van der Waals surface area (Å²) in [5.74, 6) is -0.891. The van der Waals surface area contributed by atoms with E-state index in [1.54, 1.807) is 13.8 Å². The van der Waals surface area contributed by atoms with Crippen molar-refractivity contribution in [1.82, 2.24) is 0 Å². The molecule has 0 spiro atoms. The number of esters is 1. The summed E-state index contributed by atoms with van der Waals surface area (Å²) in [5, 5.41) is 10.1. The summed E-state index contributed by atoms with van der Waals surface area (Å²) < 4.78 is 4.59. The van der Waals surface area contributed by atoms with Crippen molar-refractivity contribution in [2.45, 2.75) is 40.2 Å². The second-order valence-electron chi connectivity index (χ2n) is 4.64. The van der Waals surface area contributed by atoms with Crippen LogP contribution in [0.25, 0.3) is 0 Å². The largest absolute Gasteiger partial charge is 0.469 e. The predicted octanol–water partition coefficient (Wildman–Crippen LogP) is 1.59. The summed E-state index contributed by atoms with van der Waals surface area (Å²) in [6.07, 6.45) is 0. The van der Waals surface area contributed by atoms with Gasteiger partial charge in [0.25, 0.3) is 0 Å². The van der Waals surface area contributed by atoms with Gasteiger partial charge in [0.1, 0.15) is 0 Å². The third-order valence-electron chi connectivity index (χ3n) is 2.92. The first-order chi connectivity index (χ1) is 5.64. The molecule has 0 rings (SSSR count). The van der Waals surface area contributed by atoms with E-state index in [-0.39, 0.29) is 11.4 Å². The van der Waals surface area contributed by atoms with Gasteiger partial charge in [0.2, 0.25) is 0 Å². The number of aliphatic hydroxyl groups is 1. The van der Waals surface area contributed by atoms with Crippen LogP contribution in [0.1, 0.15) is 34.6 Å². The van der Waals surface area contributed by atoms with Gasteiger partial charge in [-0.2, -0.15) is 0 Å². The van der Waals surface area contributed by atoms with Crippen LogP contribution in [0.2, 0.25) is 0 Å². The number of hydrogen-bond donors (Lipinski definition) is 1. The van der Waals surface area contributed by atoms with Gasteiger partial charge in [-0.15, -0.1) is 0 Å². The van der Waals surface area contributed by atoms with Crippen LogP contribution < -0.4 is 0 Å². The third kappa shape index (κ3) is 2.44. The van der Waals surface area contributed by atoms with Crippen molar-refractivity contribution in [2.24, 2.45) is 11.3 Å². The van der Waals surface area contributed by atoms with Crippen molar-refractivity contribution in [3.8, 4) is 0 Å². The van der Waals surface area contributed by atoms with Gasteiger partial charge >= 0.3 is 5.97 Å². The molecule has 0 aliphatic rings. The Morgan fingerprint density at radius 3 is 1.92 bits per heavy atom. The molecular formula is C10H20O3. The predicted molar refractivity (Wildman–Crippen MR) is 51.3 cm³/mol. The summed E-state index contributed by atoms with van der Waals surface area (Å²) in [5.41, 5.74) is -1.40. The zero-order valence-corrected chi connectivity index (χ0v) is 9.34. The molecule has 13 heavy (non-hydrogen) atoms. The monoisotopic (exact) mass is 188 g/mol.